The van der Waals surface area contributed by atoms with Gasteiger partial charge in [0.25, 0.3) is 0 Å². The van der Waals surface area contributed by atoms with E-state index in [2.05, 4.69) is 10.2 Å². The lowest BCUT2D eigenvalue weighted by molar-refractivity contribution is -0.157. The predicted molar refractivity (Wildman–Crippen MR) is 75.5 cm³/mol. The third-order valence-electron chi connectivity index (χ3n) is 4.48. The van der Waals surface area contributed by atoms with Crippen LogP contribution in [-0.2, 0) is 9.59 Å². The summed E-state index contributed by atoms with van der Waals surface area (Å²) in [7, 11) is 0. The first kappa shape index (κ1) is 15.3. The molecular weight excluding hydrogens is 258 g/mol. The van der Waals surface area contributed by atoms with Crippen LogP contribution >= 0.6 is 0 Å². The Labute approximate surface area is 120 Å². The maximum absolute atomic E-state index is 12.8. The number of carbonyl (C=O) groups excluding carboxylic acids is 1. The number of piperidine rings is 1. The number of nitrogens with zero attached hydrogens (tertiary/aromatic N) is 2. The summed E-state index contributed by atoms with van der Waals surface area (Å²) in [6, 6.07) is -0.654. The molecule has 0 radical (unpaired) electrons. The van der Waals surface area contributed by atoms with E-state index in [1.165, 1.54) is 0 Å². The van der Waals surface area contributed by atoms with Gasteiger partial charge in [0.1, 0.15) is 6.04 Å². The van der Waals surface area contributed by atoms with Gasteiger partial charge in [-0.15, -0.1) is 0 Å². The molecule has 1 amide bonds. The molecule has 2 saturated heterocycles. The van der Waals surface area contributed by atoms with E-state index >= 15 is 0 Å². The summed E-state index contributed by atoms with van der Waals surface area (Å²) in [4.78, 5) is 27.9. The molecule has 0 aliphatic carbocycles. The van der Waals surface area contributed by atoms with E-state index in [4.69, 9.17) is 0 Å². The van der Waals surface area contributed by atoms with Gasteiger partial charge < -0.3 is 15.3 Å². The Morgan fingerprint density at radius 1 is 1.15 bits per heavy atom. The molecule has 0 aromatic rings. The van der Waals surface area contributed by atoms with Gasteiger partial charge in [-0.25, -0.2) is 4.79 Å². The highest BCUT2D eigenvalue weighted by atomic mass is 16.4. The molecule has 114 valence electrons. The molecule has 2 fully saturated rings. The van der Waals surface area contributed by atoms with Gasteiger partial charge in [-0.3, -0.25) is 9.69 Å². The zero-order valence-corrected chi connectivity index (χ0v) is 12.4. The van der Waals surface area contributed by atoms with Crippen LogP contribution in [0.25, 0.3) is 0 Å². The van der Waals surface area contributed by atoms with Crippen molar-refractivity contribution in [3.8, 4) is 0 Å². The van der Waals surface area contributed by atoms with Gasteiger partial charge in [-0.1, -0.05) is 0 Å². The van der Waals surface area contributed by atoms with E-state index in [1.807, 2.05) is 13.8 Å². The van der Waals surface area contributed by atoms with Crippen molar-refractivity contribution in [3.05, 3.63) is 0 Å². The first-order chi connectivity index (χ1) is 9.44. The number of carboxylic acids is 1. The van der Waals surface area contributed by atoms with Crippen LogP contribution in [0.2, 0.25) is 0 Å². The number of rotatable bonds is 3. The lowest BCUT2D eigenvalue weighted by atomic mass is 9.94. The topological polar surface area (TPSA) is 72.9 Å². The van der Waals surface area contributed by atoms with E-state index < -0.39 is 17.6 Å². The van der Waals surface area contributed by atoms with E-state index in [0.717, 1.165) is 39.0 Å². The number of carbonyl (C=O) groups is 2. The largest absolute Gasteiger partial charge is 0.480 e. The Kier molecular flexibility index (Phi) is 4.65. The Bertz CT molecular complexity index is 378. The highest BCUT2D eigenvalue weighted by molar-refractivity contribution is 5.89. The minimum atomic E-state index is -0.880. The predicted octanol–water partition coefficient (Wildman–Crippen LogP) is 0.136. The number of aliphatic carboxylic acids is 1. The smallest absolute Gasteiger partial charge is 0.326 e. The Morgan fingerprint density at radius 3 is 2.40 bits per heavy atom. The summed E-state index contributed by atoms with van der Waals surface area (Å²) in [5, 5.41) is 12.6. The first-order valence-corrected chi connectivity index (χ1v) is 7.44. The normalized spacial score (nSPS) is 25.5. The summed E-state index contributed by atoms with van der Waals surface area (Å²) in [5.41, 5.74) is -0.632. The van der Waals surface area contributed by atoms with E-state index in [9.17, 15) is 14.7 Å². The summed E-state index contributed by atoms with van der Waals surface area (Å²) in [5.74, 6) is -0.930. The third-order valence-corrected chi connectivity index (χ3v) is 4.48. The van der Waals surface area contributed by atoms with Crippen molar-refractivity contribution in [2.75, 3.05) is 32.7 Å². The number of likely N-dealkylation sites (tertiary alicyclic amines) is 1. The summed E-state index contributed by atoms with van der Waals surface area (Å²) in [6.07, 6.45) is 2.35. The molecule has 0 unspecified atom stereocenters. The van der Waals surface area contributed by atoms with Crippen molar-refractivity contribution >= 4 is 11.9 Å². The van der Waals surface area contributed by atoms with Gasteiger partial charge in [0.15, 0.2) is 0 Å². The van der Waals surface area contributed by atoms with Crippen LogP contribution in [0.15, 0.2) is 0 Å². The van der Waals surface area contributed by atoms with Crippen LogP contribution in [-0.4, -0.2) is 71.1 Å². The van der Waals surface area contributed by atoms with Crippen LogP contribution in [0, 0.1) is 0 Å². The van der Waals surface area contributed by atoms with E-state index in [1.54, 1.807) is 4.90 Å². The van der Waals surface area contributed by atoms with Crippen LogP contribution in [0.4, 0.5) is 0 Å². The van der Waals surface area contributed by atoms with Crippen LogP contribution in [0.5, 0.6) is 0 Å². The molecule has 1 atom stereocenters. The second-order valence-corrected chi connectivity index (χ2v) is 6.14. The third kappa shape index (κ3) is 2.96. The van der Waals surface area contributed by atoms with Crippen molar-refractivity contribution in [3.63, 3.8) is 0 Å². The molecule has 2 heterocycles. The van der Waals surface area contributed by atoms with Gasteiger partial charge >= 0.3 is 5.97 Å². The van der Waals surface area contributed by atoms with Crippen molar-refractivity contribution in [1.29, 1.82) is 0 Å². The number of piperazine rings is 1. The Balaban J connectivity index is 2.12. The molecule has 2 aliphatic heterocycles. The molecule has 2 aliphatic rings. The molecular formula is C14H25N3O3. The van der Waals surface area contributed by atoms with Crippen LogP contribution < -0.4 is 5.32 Å². The van der Waals surface area contributed by atoms with Crippen molar-refractivity contribution in [1.82, 2.24) is 15.1 Å². The fraction of sp³-hybridized carbons (Fsp3) is 0.857. The molecule has 0 aromatic heterocycles. The number of nitrogens with one attached hydrogen (secondary N) is 1. The van der Waals surface area contributed by atoms with Gasteiger partial charge in [0, 0.05) is 32.7 Å². The lowest BCUT2D eigenvalue weighted by Crippen LogP contribution is -2.63. The van der Waals surface area contributed by atoms with Gasteiger partial charge in [0.05, 0.1) is 5.54 Å². The van der Waals surface area contributed by atoms with Crippen molar-refractivity contribution in [2.45, 2.75) is 44.7 Å². The number of hydrogen-bond donors (Lipinski definition) is 2. The quantitative estimate of drug-likeness (QED) is 0.770. The molecule has 2 rings (SSSR count). The summed E-state index contributed by atoms with van der Waals surface area (Å²) >= 11 is 0. The maximum atomic E-state index is 12.8. The average Bonchev–Trinajstić information content (AvgIpc) is 2.47. The molecule has 6 heteroatoms. The van der Waals surface area contributed by atoms with Crippen LogP contribution in [0.3, 0.4) is 0 Å². The number of hydrogen-bond acceptors (Lipinski definition) is 4. The van der Waals surface area contributed by atoms with Crippen LogP contribution in [0.1, 0.15) is 33.1 Å². The molecule has 0 spiro atoms. The zero-order valence-electron chi connectivity index (χ0n) is 12.4. The van der Waals surface area contributed by atoms with E-state index in [0.29, 0.717) is 13.0 Å². The van der Waals surface area contributed by atoms with Gasteiger partial charge in [0.2, 0.25) is 5.91 Å². The average molecular weight is 283 g/mol. The molecule has 2 N–H and O–H groups in total. The van der Waals surface area contributed by atoms with Gasteiger partial charge in [-0.2, -0.15) is 0 Å². The summed E-state index contributed by atoms with van der Waals surface area (Å²) in [6.45, 7) is 7.78. The molecule has 20 heavy (non-hydrogen) atoms. The fourth-order valence-electron chi connectivity index (χ4n) is 3.14. The lowest BCUT2D eigenvalue weighted by Gasteiger charge is -2.44. The molecule has 6 nitrogen and oxygen atoms in total. The highest BCUT2D eigenvalue weighted by Crippen LogP contribution is 2.24. The van der Waals surface area contributed by atoms with Crippen molar-refractivity contribution < 1.29 is 14.7 Å². The number of carboxylic acid groups (broad SMARTS) is 1. The Morgan fingerprint density at radius 2 is 1.80 bits per heavy atom. The number of amides is 1. The first-order valence-electron chi connectivity index (χ1n) is 7.44. The van der Waals surface area contributed by atoms with Crippen molar-refractivity contribution in [2.24, 2.45) is 0 Å². The Hall–Kier alpha value is -1.14. The second-order valence-electron chi connectivity index (χ2n) is 6.14. The van der Waals surface area contributed by atoms with E-state index in [-0.39, 0.29) is 5.91 Å². The molecule has 0 saturated carbocycles. The molecule has 0 bridgehead atoms. The highest BCUT2D eigenvalue weighted by Gasteiger charge is 2.42. The van der Waals surface area contributed by atoms with Gasteiger partial charge in [-0.05, 0) is 33.1 Å². The fourth-order valence-corrected chi connectivity index (χ4v) is 3.14. The zero-order chi connectivity index (χ0) is 14.8. The molecule has 0 aromatic carbocycles. The SMILES string of the molecule is CC(C)(C(=O)N1CCCC[C@H]1C(=O)O)N1CCNCC1. The maximum Gasteiger partial charge on any atom is 0.326 e. The summed E-state index contributed by atoms with van der Waals surface area (Å²) < 4.78 is 0. The minimum Gasteiger partial charge on any atom is -0.480 e. The minimum absolute atomic E-state index is 0.0495. The standard InChI is InChI=1S/C14H25N3O3/c1-14(2,16-9-6-15-7-10-16)13(20)17-8-4-3-5-11(17)12(18)19/h11,15H,3-10H2,1-2H3,(H,18,19)/t11-/m0/s1. The monoisotopic (exact) mass is 283 g/mol. The second kappa shape index (κ2) is 6.10.